The Morgan fingerprint density at radius 1 is 1.45 bits per heavy atom. The minimum atomic E-state index is -0.219. The summed E-state index contributed by atoms with van der Waals surface area (Å²) >= 11 is 0. The number of nitrogen functional groups attached to an aromatic ring is 1. The lowest BCUT2D eigenvalue weighted by molar-refractivity contribution is 0.0951. The van der Waals surface area contributed by atoms with Crippen LogP contribution in [-0.2, 0) is 6.54 Å². The second kappa shape index (κ2) is 6.83. The van der Waals surface area contributed by atoms with E-state index in [0.717, 1.165) is 25.2 Å². The number of nitrogens with two attached hydrogens (primary N) is 1. The maximum Gasteiger partial charge on any atom is 0.265 e. The molecule has 1 heterocycles. The number of likely N-dealkylation sites (tertiary alicyclic amines) is 1. The molecule has 0 aliphatic carbocycles. The third-order valence-electron chi connectivity index (χ3n) is 3.84. The monoisotopic (exact) mass is 276 g/mol. The fraction of sp³-hybridized carbons (Fsp3) is 0.533. The Labute approximate surface area is 120 Å². The molecule has 20 heavy (non-hydrogen) atoms. The molecule has 0 bridgehead atoms. The van der Waals surface area contributed by atoms with Gasteiger partial charge in [-0.05, 0) is 45.1 Å². The zero-order chi connectivity index (χ0) is 14.5. The van der Waals surface area contributed by atoms with Gasteiger partial charge in [0.1, 0.15) is 0 Å². The molecule has 110 valence electrons. The van der Waals surface area contributed by atoms with Gasteiger partial charge >= 0.3 is 0 Å². The van der Waals surface area contributed by atoms with Crippen molar-refractivity contribution in [2.75, 3.05) is 27.2 Å². The highest BCUT2D eigenvalue weighted by Gasteiger charge is 2.25. The van der Waals surface area contributed by atoms with E-state index in [-0.39, 0.29) is 5.91 Å². The molecular formula is C15H24N4O. The Morgan fingerprint density at radius 3 is 2.90 bits per heavy atom. The highest BCUT2D eigenvalue weighted by atomic mass is 16.2. The Bertz CT molecular complexity index is 461. The molecule has 0 radical (unpaired) electrons. The number of nitrogens with one attached hydrogen (secondary N) is 1. The predicted molar refractivity (Wildman–Crippen MR) is 80.1 cm³/mol. The van der Waals surface area contributed by atoms with Crippen LogP contribution in [0.1, 0.15) is 28.8 Å². The van der Waals surface area contributed by atoms with Crippen molar-refractivity contribution in [1.29, 1.82) is 0 Å². The molecule has 0 spiro atoms. The van der Waals surface area contributed by atoms with Crippen molar-refractivity contribution in [3.05, 3.63) is 35.4 Å². The third kappa shape index (κ3) is 3.56. The molecule has 5 heteroatoms. The van der Waals surface area contributed by atoms with Crippen LogP contribution in [0.4, 0.5) is 0 Å². The number of hydrogen-bond acceptors (Lipinski definition) is 4. The van der Waals surface area contributed by atoms with Gasteiger partial charge in [0, 0.05) is 24.7 Å². The molecule has 1 unspecified atom stereocenters. The van der Waals surface area contributed by atoms with Crippen molar-refractivity contribution in [1.82, 2.24) is 15.2 Å². The molecule has 3 N–H and O–H groups in total. The van der Waals surface area contributed by atoms with Crippen molar-refractivity contribution in [3.63, 3.8) is 0 Å². The average molecular weight is 276 g/mol. The lowest BCUT2D eigenvalue weighted by Crippen LogP contribution is -2.38. The summed E-state index contributed by atoms with van der Waals surface area (Å²) in [6, 6.07) is 8.25. The highest BCUT2D eigenvalue weighted by molar-refractivity contribution is 5.95. The summed E-state index contributed by atoms with van der Waals surface area (Å²) in [5.41, 5.74) is 3.94. The van der Waals surface area contributed by atoms with E-state index in [4.69, 9.17) is 5.84 Å². The zero-order valence-electron chi connectivity index (χ0n) is 12.3. The number of carbonyl (C=O) groups excluding carboxylic acids is 1. The van der Waals surface area contributed by atoms with E-state index in [9.17, 15) is 4.79 Å². The van der Waals surface area contributed by atoms with Crippen LogP contribution in [0.15, 0.2) is 24.3 Å². The van der Waals surface area contributed by atoms with E-state index in [1.165, 1.54) is 12.8 Å². The number of hydrogen-bond donors (Lipinski definition) is 2. The van der Waals surface area contributed by atoms with Gasteiger partial charge in [0.2, 0.25) is 0 Å². The molecule has 1 amide bonds. The molecule has 5 nitrogen and oxygen atoms in total. The quantitative estimate of drug-likeness (QED) is 0.475. The van der Waals surface area contributed by atoms with Gasteiger partial charge in [-0.25, -0.2) is 5.84 Å². The lowest BCUT2D eigenvalue weighted by atomic mass is 10.1. The van der Waals surface area contributed by atoms with Gasteiger partial charge in [-0.15, -0.1) is 0 Å². The van der Waals surface area contributed by atoms with Crippen molar-refractivity contribution in [3.8, 4) is 0 Å². The van der Waals surface area contributed by atoms with Crippen LogP contribution in [0.2, 0.25) is 0 Å². The largest absolute Gasteiger partial charge is 0.308 e. The Kier molecular flexibility index (Phi) is 5.11. The predicted octanol–water partition coefficient (Wildman–Crippen LogP) is 0.816. The molecule has 1 fully saturated rings. The molecule has 1 saturated heterocycles. The maximum absolute atomic E-state index is 11.8. The van der Waals surface area contributed by atoms with E-state index < -0.39 is 0 Å². The second-order valence-corrected chi connectivity index (χ2v) is 5.66. The Hall–Kier alpha value is -1.43. The molecule has 1 aliphatic heterocycles. The van der Waals surface area contributed by atoms with Gasteiger partial charge in [0.05, 0.1) is 0 Å². The van der Waals surface area contributed by atoms with Crippen molar-refractivity contribution < 1.29 is 4.79 Å². The summed E-state index contributed by atoms with van der Waals surface area (Å²) in [7, 11) is 4.21. The van der Waals surface area contributed by atoms with Crippen molar-refractivity contribution in [2.24, 2.45) is 5.84 Å². The van der Waals surface area contributed by atoms with Crippen LogP contribution in [0.3, 0.4) is 0 Å². The van der Waals surface area contributed by atoms with Gasteiger partial charge in [0.15, 0.2) is 0 Å². The summed E-state index contributed by atoms with van der Waals surface area (Å²) in [5.74, 6) is 5.04. The number of carbonyl (C=O) groups is 1. The number of likely N-dealkylation sites (N-methyl/N-ethyl adjacent to an activating group) is 1. The topological polar surface area (TPSA) is 61.6 Å². The summed E-state index contributed by atoms with van der Waals surface area (Å²) in [6.45, 7) is 2.96. The first-order chi connectivity index (χ1) is 9.61. The van der Waals surface area contributed by atoms with Gasteiger partial charge < -0.3 is 4.90 Å². The number of amides is 1. The van der Waals surface area contributed by atoms with Crippen molar-refractivity contribution >= 4 is 5.91 Å². The van der Waals surface area contributed by atoms with E-state index in [1.54, 1.807) is 0 Å². The molecule has 1 aromatic rings. The standard InChI is InChI=1S/C15H24N4O/c1-18(2)11-13-7-5-9-19(13)10-12-6-3-4-8-14(12)15(20)17-16/h3-4,6,8,13H,5,7,9-11,16H2,1-2H3,(H,17,20). The first-order valence-electron chi connectivity index (χ1n) is 7.09. The second-order valence-electron chi connectivity index (χ2n) is 5.66. The van der Waals surface area contributed by atoms with Crippen LogP contribution in [0.5, 0.6) is 0 Å². The van der Waals surface area contributed by atoms with E-state index in [0.29, 0.717) is 11.6 Å². The van der Waals surface area contributed by atoms with E-state index >= 15 is 0 Å². The number of rotatable bonds is 5. The Morgan fingerprint density at radius 2 is 2.20 bits per heavy atom. The van der Waals surface area contributed by atoms with E-state index in [1.807, 2.05) is 24.3 Å². The SMILES string of the molecule is CN(C)CC1CCCN1Cc1ccccc1C(=O)NN. The molecule has 1 aliphatic rings. The highest BCUT2D eigenvalue weighted by Crippen LogP contribution is 2.22. The minimum Gasteiger partial charge on any atom is -0.308 e. The zero-order valence-corrected chi connectivity index (χ0v) is 12.3. The number of hydrazine groups is 1. The minimum absolute atomic E-state index is 0.219. The van der Waals surface area contributed by atoms with E-state index in [2.05, 4.69) is 29.3 Å². The fourth-order valence-corrected chi connectivity index (χ4v) is 2.91. The Balaban J connectivity index is 2.11. The molecule has 2 rings (SSSR count). The molecular weight excluding hydrogens is 252 g/mol. The maximum atomic E-state index is 11.8. The summed E-state index contributed by atoms with van der Waals surface area (Å²) in [5, 5.41) is 0. The summed E-state index contributed by atoms with van der Waals surface area (Å²) in [6.07, 6.45) is 2.45. The van der Waals surface area contributed by atoms with Gasteiger partial charge in [0.25, 0.3) is 5.91 Å². The van der Waals surface area contributed by atoms with Crippen LogP contribution in [0.25, 0.3) is 0 Å². The van der Waals surface area contributed by atoms with Crippen molar-refractivity contribution in [2.45, 2.75) is 25.4 Å². The van der Waals surface area contributed by atoms with Crippen LogP contribution in [0, 0.1) is 0 Å². The van der Waals surface area contributed by atoms with Gasteiger partial charge in [-0.2, -0.15) is 0 Å². The first kappa shape index (κ1) is 15.0. The molecule has 0 aromatic heterocycles. The normalized spacial score (nSPS) is 19.5. The fourth-order valence-electron chi connectivity index (χ4n) is 2.91. The number of benzene rings is 1. The van der Waals surface area contributed by atoms with Crippen LogP contribution >= 0.6 is 0 Å². The third-order valence-corrected chi connectivity index (χ3v) is 3.84. The number of nitrogens with zero attached hydrogens (tertiary/aromatic N) is 2. The van der Waals surface area contributed by atoms with Crippen LogP contribution < -0.4 is 11.3 Å². The molecule has 1 aromatic carbocycles. The van der Waals surface area contributed by atoms with Gasteiger partial charge in [-0.3, -0.25) is 15.1 Å². The lowest BCUT2D eigenvalue weighted by Gasteiger charge is -2.27. The summed E-state index contributed by atoms with van der Waals surface area (Å²) < 4.78 is 0. The molecule has 1 atom stereocenters. The summed E-state index contributed by atoms with van der Waals surface area (Å²) in [4.78, 5) is 16.5. The average Bonchev–Trinajstić information content (AvgIpc) is 2.85. The van der Waals surface area contributed by atoms with Gasteiger partial charge in [-0.1, -0.05) is 18.2 Å². The van der Waals surface area contributed by atoms with Crippen LogP contribution in [-0.4, -0.2) is 48.9 Å². The first-order valence-corrected chi connectivity index (χ1v) is 7.09. The molecule has 0 saturated carbocycles. The smallest absolute Gasteiger partial charge is 0.265 e.